The number of fused-ring (bicyclic) bond motifs is 2. The predicted molar refractivity (Wildman–Crippen MR) is 78.8 cm³/mol. The van der Waals surface area contributed by atoms with Gasteiger partial charge in [0.05, 0.1) is 0 Å². The second-order valence-corrected chi connectivity index (χ2v) is 6.92. The molecule has 0 aromatic carbocycles. The Kier molecular flexibility index (Phi) is 5.18. The highest BCUT2D eigenvalue weighted by Crippen LogP contribution is 2.34. The van der Waals surface area contributed by atoms with Crippen LogP contribution >= 0.6 is 23.7 Å². The van der Waals surface area contributed by atoms with Crippen molar-refractivity contribution >= 4 is 23.7 Å². The van der Waals surface area contributed by atoms with Gasteiger partial charge in [0.15, 0.2) is 5.01 Å². The molecule has 2 aliphatic heterocycles. The number of alkyl halides is 3. The van der Waals surface area contributed by atoms with E-state index in [9.17, 15) is 13.2 Å². The van der Waals surface area contributed by atoms with Gasteiger partial charge in [-0.1, -0.05) is 0 Å². The van der Waals surface area contributed by atoms with Crippen molar-refractivity contribution in [1.82, 2.24) is 15.2 Å². The fourth-order valence-corrected chi connectivity index (χ4v) is 4.12. The van der Waals surface area contributed by atoms with E-state index >= 15 is 0 Å². The van der Waals surface area contributed by atoms with E-state index in [2.05, 4.69) is 15.2 Å². The Bertz CT molecular complexity index is 467. The van der Waals surface area contributed by atoms with E-state index in [4.69, 9.17) is 0 Å². The van der Waals surface area contributed by atoms with Crippen LogP contribution in [0.1, 0.15) is 35.6 Å². The Morgan fingerprint density at radius 3 is 2.48 bits per heavy atom. The van der Waals surface area contributed by atoms with Crippen molar-refractivity contribution < 1.29 is 13.2 Å². The van der Waals surface area contributed by atoms with Gasteiger partial charge in [-0.05, 0) is 32.7 Å². The third-order valence-electron chi connectivity index (χ3n) is 4.27. The van der Waals surface area contributed by atoms with Gasteiger partial charge in [0, 0.05) is 35.7 Å². The summed E-state index contributed by atoms with van der Waals surface area (Å²) in [6.07, 6.45) is 1.69. The monoisotopic (exact) mass is 341 g/mol. The molecule has 2 bridgehead atoms. The van der Waals surface area contributed by atoms with Crippen molar-refractivity contribution in [3.05, 3.63) is 16.1 Å². The Morgan fingerprint density at radius 2 is 1.95 bits per heavy atom. The molecule has 2 unspecified atom stereocenters. The number of rotatable bonds is 3. The molecule has 3 rings (SSSR count). The second kappa shape index (κ2) is 6.40. The van der Waals surface area contributed by atoms with Crippen LogP contribution in [0.3, 0.4) is 0 Å². The average Bonchev–Trinajstić information content (AvgIpc) is 2.96. The average molecular weight is 342 g/mol. The fraction of sp³-hybridized carbons (Fsp3) is 0.769. The highest BCUT2D eigenvalue weighted by atomic mass is 35.5. The summed E-state index contributed by atoms with van der Waals surface area (Å²) in [5.41, 5.74) is 0. The smallest absolute Gasteiger partial charge is 0.311 e. The molecule has 1 N–H and O–H groups in total. The van der Waals surface area contributed by atoms with E-state index in [1.165, 1.54) is 19.0 Å². The first-order valence-electron chi connectivity index (χ1n) is 6.90. The lowest BCUT2D eigenvalue weighted by molar-refractivity contribution is -0.137. The van der Waals surface area contributed by atoms with Gasteiger partial charge in [0.1, 0.15) is 0 Å². The SMILES string of the molecule is CN(Cc1cnc(C(F)(F)F)s1)C1CC2CCC(C1)N2.Cl. The molecule has 2 saturated heterocycles. The molecule has 1 aromatic heterocycles. The van der Waals surface area contributed by atoms with Crippen molar-refractivity contribution in [3.63, 3.8) is 0 Å². The molecule has 2 aliphatic rings. The molecule has 0 radical (unpaired) electrons. The molecule has 0 amide bonds. The van der Waals surface area contributed by atoms with Crippen LogP contribution < -0.4 is 5.32 Å². The zero-order chi connectivity index (χ0) is 14.3. The van der Waals surface area contributed by atoms with Gasteiger partial charge in [-0.25, -0.2) is 4.98 Å². The van der Waals surface area contributed by atoms with Crippen molar-refractivity contribution in [2.75, 3.05) is 7.05 Å². The van der Waals surface area contributed by atoms with Gasteiger partial charge < -0.3 is 5.32 Å². The number of hydrogen-bond acceptors (Lipinski definition) is 4. The molecule has 0 spiro atoms. The highest BCUT2D eigenvalue weighted by Gasteiger charge is 2.36. The molecule has 8 heteroatoms. The van der Waals surface area contributed by atoms with Gasteiger partial charge in [-0.2, -0.15) is 13.2 Å². The van der Waals surface area contributed by atoms with E-state index in [0.717, 1.165) is 24.2 Å². The van der Waals surface area contributed by atoms with Crippen molar-refractivity contribution in [2.24, 2.45) is 0 Å². The third-order valence-corrected chi connectivity index (χ3v) is 5.30. The summed E-state index contributed by atoms with van der Waals surface area (Å²) >= 11 is 0.756. The van der Waals surface area contributed by atoms with Crippen LogP contribution in [0.4, 0.5) is 13.2 Å². The van der Waals surface area contributed by atoms with E-state index in [1.807, 2.05) is 7.05 Å². The topological polar surface area (TPSA) is 28.2 Å². The van der Waals surface area contributed by atoms with Gasteiger partial charge in [-0.15, -0.1) is 23.7 Å². The molecule has 21 heavy (non-hydrogen) atoms. The van der Waals surface area contributed by atoms with E-state index in [0.29, 0.717) is 29.5 Å². The van der Waals surface area contributed by atoms with Crippen LogP contribution in [-0.2, 0) is 12.7 Å². The Balaban J connectivity index is 0.00000161. The molecule has 120 valence electrons. The summed E-state index contributed by atoms with van der Waals surface area (Å²) in [6, 6.07) is 1.65. The molecule has 2 fully saturated rings. The van der Waals surface area contributed by atoms with Crippen LogP contribution in [0.2, 0.25) is 0 Å². The Hall–Kier alpha value is -0.370. The van der Waals surface area contributed by atoms with Gasteiger partial charge in [-0.3, -0.25) is 4.90 Å². The van der Waals surface area contributed by atoms with Crippen molar-refractivity contribution in [2.45, 2.75) is 56.5 Å². The third kappa shape index (κ3) is 3.88. The molecular formula is C13H19ClF3N3S. The van der Waals surface area contributed by atoms with Gasteiger partial charge in [0.2, 0.25) is 0 Å². The van der Waals surface area contributed by atoms with E-state index < -0.39 is 11.2 Å². The lowest BCUT2D eigenvalue weighted by atomic mass is 9.98. The molecule has 0 saturated carbocycles. The standard InChI is InChI=1S/C13H18F3N3S.ClH/c1-19(10-4-8-2-3-9(5-10)18-8)7-11-6-17-12(20-11)13(14,15)16;/h6,8-10,18H,2-5,7H2,1H3;1H. The number of hydrogen-bond donors (Lipinski definition) is 1. The molecule has 0 aliphatic carbocycles. The van der Waals surface area contributed by atoms with Crippen LogP contribution in [0.15, 0.2) is 6.20 Å². The maximum atomic E-state index is 12.5. The summed E-state index contributed by atoms with van der Waals surface area (Å²) < 4.78 is 37.6. The first-order chi connectivity index (χ1) is 9.41. The number of nitrogens with zero attached hydrogens (tertiary/aromatic N) is 2. The van der Waals surface area contributed by atoms with Crippen molar-refractivity contribution in [3.8, 4) is 0 Å². The maximum Gasteiger partial charge on any atom is 0.443 e. The highest BCUT2D eigenvalue weighted by molar-refractivity contribution is 7.11. The minimum atomic E-state index is -4.32. The first-order valence-corrected chi connectivity index (χ1v) is 7.71. The van der Waals surface area contributed by atoms with Crippen LogP contribution in [0.25, 0.3) is 0 Å². The van der Waals surface area contributed by atoms with Gasteiger partial charge in [0.25, 0.3) is 0 Å². The van der Waals surface area contributed by atoms with E-state index in [1.54, 1.807) is 0 Å². The zero-order valence-corrected chi connectivity index (χ0v) is 13.3. The fourth-order valence-electron chi connectivity index (χ4n) is 3.27. The zero-order valence-electron chi connectivity index (χ0n) is 11.7. The van der Waals surface area contributed by atoms with Crippen LogP contribution in [-0.4, -0.2) is 35.1 Å². The number of aromatic nitrogens is 1. The van der Waals surface area contributed by atoms with Crippen molar-refractivity contribution in [1.29, 1.82) is 0 Å². The first kappa shape index (κ1) is 17.0. The molecule has 3 heterocycles. The quantitative estimate of drug-likeness (QED) is 0.914. The summed E-state index contributed by atoms with van der Waals surface area (Å²) in [6.45, 7) is 0.553. The normalized spacial score (nSPS) is 28.7. The number of piperidine rings is 1. The summed E-state index contributed by atoms with van der Waals surface area (Å²) in [5.74, 6) is 0. The lowest BCUT2D eigenvalue weighted by Gasteiger charge is -2.35. The molecule has 3 nitrogen and oxygen atoms in total. The summed E-state index contributed by atoms with van der Waals surface area (Å²) in [7, 11) is 2.00. The second-order valence-electron chi connectivity index (χ2n) is 5.81. The lowest BCUT2D eigenvalue weighted by Crippen LogP contribution is -2.46. The maximum absolute atomic E-state index is 12.5. The Morgan fingerprint density at radius 1 is 1.33 bits per heavy atom. The molecule has 2 atom stereocenters. The summed E-state index contributed by atoms with van der Waals surface area (Å²) in [5, 5.41) is 2.83. The molecule has 1 aromatic rings. The minimum Gasteiger partial charge on any atom is -0.311 e. The number of thiazole rings is 1. The minimum absolute atomic E-state index is 0. The Labute approximate surface area is 132 Å². The molecular weight excluding hydrogens is 323 g/mol. The van der Waals surface area contributed by atoms with Gasteiger partial charge >= 0.3 is 6.18 Å². The van der Waals surface area contributed by atoms with E-state index in [-0.39, 0.29) is 12.4 Å². The van der Waals surface area contributed by atoms with Crippen LogP contribution in [0.5, 0.6) is 0 Å². The number of nitrogens with one attached hydrogen (secondary N) is 1. The van der Waals surface area contributed by atoms with Crippen LogP contribution in [0, 0.1) is 0 Å². The largest absolute Gasteiger partial charge is 0.443 e. The predicted octanol–water partition coefficient (Wildman–Crippen LogP) is 3.30. The summed E-state index contributed by atoms with van der Waals surface area (Å²) in [4.78, 5) is 6.35. The number of halogens is 4.